The number of hydrogen-bond donors (Lipinski definition) is 17. The lowest BCUT2D eigenvalue weighted by Crippen LogP contribution is -2.62. The van der Waals surface area contributed by atoms with Gasteiger partial charge in [-0.05, 0) is 94.5 Å². The normalized spacial score (nSPS) is 17.0. The van der Waals surface area contributed by atoms with Crippen LogP contribution >= 0.6 is 0 Å². The number of urea groups is 2. The van der Waals surface area contributed by atoms with Crippen molar-refractivity contribution in [1.82, 2.24) is 73.2 Å². The summed E-state index contributed by atoms with van der Waals surface area (Å²) in [5.41, 5.74) is 21.5. The number of ether oxygens (including phenoxy) is 1. The summed E-state index contributed by atoms with van der Waals surface area (Å²) in [4.78, 5) is 167. The maximum atomic E-state index is 14.8. The molecule has 2 aliphatic heterocycles. The Morgan fingerprint density at radius 3 is 1.96 bits per heavy atom. The molecule has 0 bridgehead atoms. The molecule has 0 spiro atoms. The number of nitrogens with zero attached hydrogens (tertiary/aromatic N) is 3. The van der Waals surface area contributed by atoms with Gasteiger partial charge in [0.05, 0.1) is 37.2 Å². The molecule has 91 heavy (non-hydrogen) atoms. The highest BCUT2D eigenvalue weighted by molar-refractivity contribution is 6.00. The smallest absolute Gasteiger partial charge is 0.336 e. The quantitative estimate of drug-likeness (QED) is 0.0107. The zero-order chi connectivity index (χ0) is 66.5. The molecule has 2 saturated heterocycles. The van der Waals surface area contributed by atoms with Crippen LogP contribution in [-0.2, 0) is 67.2 Å². The van der Waals surface area contributed by atoms with Crippen molar-refractivity contribution in [2.75, 3.05) is 26.3 Å². The number of fused-ring (bicyclic) bond motifs is 1. The van der Waals surface area contributed by atoms with Crippen molar-refractivity contribution in [1.29, 1.82) is 0 Å². The number of rotatable bonds is 31. The second-order valence-corrected chi connectivity index (χ2v) is 23.7. The van der Waals surface area contributed by atoms with E-state index in [2.05, 4.69) is 67.9 Å². The van der Waals surface area contributed by atoms with E-state index < -0.39 is 132 Å². The predicted octanol–water partition coefficient (Wildman–Crippen LogP) is -2.47. The first-order chi connectivity index (χ1) is 43.2. The highest BCUT2D eigenvalue weighted by Gasteiger charge is 2.41. The van der Waals surface area contributed by atoms with Crippen LogP contribution in [0, 0.1) is 5.92 Å². The van der Waals surface area contributed by atoms with Crippen LogP contribution in [0.15, 0.2) is 72.2 Å². The van der Waals surface area contributed by atoms with Crippen molar-refractivity contribution in [3.05, 3.63) is 84.1 Å². The Morgan fingerprint density at radius 1 is 0.736 bits per heavy atom. The summed E-state index contributed by atoms with van der Waals surface area (Å²) in [6.07, 6.45) is 4.93. The maximum Gasteiger partial charge on any atom is 0.336 e. The Balaban J connectivity index is 1.24. The van der Waals surface area contributed by atoms with Gasteiger partial charge in [-0.2, -0.15) is 0 Å². The first-order valence-corrected chi connectivity index (χ1v) is 29.9. The third-order valence-corrected chi connectivity index (χ3v) is 14.9. The predicted molar refractivity (Wildman–Crippen MR) is 329 cm³/mol. The number of aliphatic hydroxyl groups excluding tert-OH is 1. The number of primary amides is 1. The van der Waals surface area contributed by atoms with Crippen LogP contribution in [0.3, 0.4) is 0 Å². The van der Waals surface area contributed by atoms with Crippen LogP contribution in [0.1, 0.15) is 96.4 Å². The molecule has 9 atom stereocenters. The van der Waals surface area contributed by atoms with Gasteiger partial charge in [0.15, 0.2) is 11.7 Å². The number of aromatic nitrogens is 3. The molecular weight excluding hydrogens is 1180 g/mol. The number of para-hydroxylation sites is 1. The third kappa shape index (κ3) is 21.7. The Morgan fingerprint density at radius 2 is 1.34 bits per heavy atom. The summed E-state index contributed by atoms with van der Waals surface area (Å²) in [5, 5.41) is 42.8. The number of benzene rings is 2. The Labute approximate surface area is 524 Å². The van der Waals surface area contributed by atoms with Gasteiger partial charge in [0.25, 0.3) is 0 Å². The van der Waals surface area contributed by atoms with Crippen molar-refractivity contribution in [3.63, 3.8) is 0 Å². The number of imidazole rings is 1. The molecule has 2 aliphatic rings. The van der Waals surface area contributed by atoms with Crippen LogP contribution in [0.5, 0.6) is 5.75 Å². The van der Waals surface area contributed by atoms with Crippen LogP contribution in [0.25, 0.3) is 10.9 Å². The molecule has 2 fully saturated rings. The van der Waals surface area contributed by atoms with Gasteiger partial charge in [0.2, 0.25) is 47.3 Å². The second kappa shape index (κ2) is 33.1. The molecule has 0 aliphatic carbocycles. The number of amides is 12. The molecule has 20 N–H and O–H groups in total. The van der Waals surface area contributed by atoms with Gasteiger partial charge in [-0.15, -0.1) is 0 Å². The maximum absolute atomic E-state index is 14.8. The topological polar surface area (TPSA) is 496 Å². The highest BCUT2D eigenvalue weighted by Crippen LogP contribution is 2.23. The van der Waals surface area contributed by atoms with Gasteiger partial charge in [-0.25, -0.2) is 25.4 Å². The van der Waals surface area contributed by atoms with Gasteiger partial charge >= 0.3 is 12.1 Å². The molecule has 6 rings (SSSR count). The van der Waals surface area contributed by atoms with E-state index in [-0.39, 0.29) is 94.4 Å². The second-order valence-electron chi connectivity index (χ2n) is 23.7. The Kier molecular flexibility index (Phi) is 25.6. The molecule has 2 unspecified atom stereocenters. The average molecular weight is 1270 g/mol. The summed E-state index contributed by atoms with van der Waals surface area (Å²) in [6, 6.07) is -1.51. The number of phenolic OH excluding ortho intramolecular Hbond substituents is 1. The number of likely N-dealkylation sites (tertiary alicyclic amines) is 1. The number of nitrogens with one attached hydrogen (secondary N) is 12. The summed E-state index contributed by atoms with van der Waals surface area (Å²) < 4.78 is 6.03. The van der Waals surface area contributed by atoms with E-state index in [1.54, 1.807) is 65.1 Å². The number of aliphatic hydroxyl groups is 1. The summed E-state index contributed by atoms with van der Waals surface area (Å²) in [6.45, 7) is 7.30. The van der Waals surface area contributed by atoms with Gasteiger partial charge in [-0.3, -0.25) is 48.1 Å². The number of ketones is 1. The van der Waals surface area contributed by atoms with Crippen molar-refractivity contribution in [3.8, 4) is 5.75 Å². The number of hydrazine groups is 1. The number of hydrogen-bond acceptors (Lipinski definition) is 16. The van der Waals surface area contributed by atoms with E-state index in [1.807, 2.05) is 5.43 Å². The molecule has 32 heteroatoms. The molecular formula is C59H84N18O14. The highest BCUT2D eigenvalue weighted by atomic mass is 16.5. The van der Waals surface area contributed by atoms with E-state index in [4.69, 9.17) is 21.9 Å². The largest absolute Gasteiger partial charge is 0.508 e. The zero-order valence-electron chi connectivity index (χ0n) is 51.4. The van der Waals surface area contributed by atoms with Crippen molar-refractivity contribution in [2.45, 2.75) is 159 Å². The molecule has 2 aromatic heterocycles. The number of aromatic amines is 2. The summed E-state index contributed by atoms with van der Waals surface area (Å²) in [5.74, 6) is -7.75. The third-order valence-electron chi connectivity index (χ3n) is 14.9. The molecule has 494 valence electrons. The van der Waals surface area contributed by atoms with E-state index in [0.29, 0.717) is 34.1 Å². The van der Waals surface area contributed by atoms with Gasteiger partial charge in [0.1, 0.15) is 48.0 Å². The van der Waals surface area contributed by atoms with E-state index in [1.165, 1.54) is 41.7 Å². The summed E-state index contributed by atoms with van der Waals surface area (Å²) in [7, 11) is 0. The number of nitrogens with two attached hydrogens (primary N) is 3. The van der Waals surface area contributed by atoms with Crippen molar-refractivity contribution in [2.24, 2.45) is 28.1 Å². The van der Waals surface area contributed by atoms with E-state index in [0.717, 1.165) is 0 Å². The average Bonchev–Trinajstić information content (AvgIpc) is 1.85. The Hall–Kier alpha value is -9.85. The number of aliphatic imine (C=N–C) groups is 1. The standard InChI is InChI=1S/C59H84N18O14/c1-31(2)22-40(50(83)68-38(12-8-20-64-56(60)61)48(81)46-13-9-21-77(46)58(90)76-75-57(62)89)69-55(88)45(29-91-59(3,4)5)74-51(84)41(23-32-14-16-35(79)17-15-32)70-54(87)44(28-78)73-52(85)42(24-33-26-65-37-11-7-6-10-36(33)37)71-53(86)43(25-34-27-63-30-66-34)72-49(82)39-18-19-47(80)67-39/h6-7,10-11,14-17,26-27,30-31,38-46,65,78-79H,8-9,12-13,18-25,28-29H2,1-5H3,(H,63,66)(H,67,80)(H,68,83)(H,69,88)(H,70,87)(H,71,86)(H,72,82)(H,73,85)(H,74,84)(H,76,90)(H4,60,61,64)(H3,62,75,89)/t38?,39-,40-,41-,42-,43-,44-,45+,46?/m0/s1. The van der Waals surface area contributed by atoms with Crippen molar-refractivity contribution < 1.29 is 67.7 Å². The lowest BCUT2D eigenvalue weighted by atomic mass is 9.97. The number of carbonyl (C=O) groups excluding carboxylic acids is 11. The van der Waals surface area contributed by atoms with Gasteiger partial charge in [-0.1, -0.05) is 44.2 Å². The van der Waals surface area contributed by atoms with Crippen LogP contribution in [-0.4, -0.2) is 187 Å². The lowest BCUT2D eigenvalue weighted by molar-refractivity contribution is -0.137. The van der Waals surface area contributed by atoms with Crippen LogP contribution in [0.4, 0.5) is 9.59 Å². The SMILES string of the molecule is CC(C)C[C@H](NC(=O)[C@@H](COC(C)(C)C)NC(=O)[C@H](Cc1ccc(O)cc1)NC(=O)[C@H](CO)NC(=O)[C@H](Cc1c[nH]c2ccccc12)NC(=O)[C@H](Cc1cnc[nH]1)NC(=O)[C@@H]1CCC(=O)N1)C(=O)NC(CCCN=C(N)N)C(=O)C1CCCN1C(=O)NNC(N)=O. The first-order valence-electron chi connectivity index (χ1n) is 29.9. The molecule has 32 nitrogen and oxygen atoms in total. The zero-order valence-corrected chi connectivity index (χ0v) is 51.4. The number of guanidine groups is 1. The summed E-state index contributed by atoms with van der Waals surface area (Å²) >= 11 is 0. The monoisotopic (exact) mass is 1270 g/mol. The minimum Gasteiger partial charge on any atom is -0.508 e. The minimum atomic E-state index is -1.80. The van der Waals surface area contributed by atoms with Crippen LogP contribution < -0.4 is 70.6 Å². The number of phenols is 1. The molecule has 0 saturated carbocycles. The molecule has 4 heterocycles. The lowest BCUT2D eigenvalue weighted by Gasteiger charge is -2.30. The number of Topliss-reactive ketones (excluding diaryl/α,β-unsaturated/α-hetero) is 1. The molecule has 2 aromatic carbocycles. The number of H-pyrrole nitrogens is 2. The fourth-order valence-corrected chi connectivity index (χ4v) is 10.3. The van der Waals surface area contributed by atoms with Crippen LogP contribution in [0.2, 0.25) is 0 Å². The van der Waals surface area contributed by atoms with E-state index >= 15 is 0 Å². The number of carbonyl (C=O) groups is 11. The molecule has 0 radical (unpaired) electrons. The molecule has 12 amide bonds. The van der Waals surface area contributed by atoms with Gasteiger partial charge in [0, 0.05) is 67.8 Å². The molecule has 4 aromatic rings. The van der Waals surface area contributed by atoms with Crippen molar-refractivity contribution >= 4 is 82.0 Å². The Bertz CT molecular complexity index is 3240. The fourth-order valence-electron chi connectivity index (χ4n) is 10.3. The minimum absolute atomic E-state index is 0.00772. The first kappa shape index (κ1) is 70.2. The van der Waals surface area contributed by atoms with E-state index in [9.17, 15) is 63.0 Å². The van der Waals surface area contributed by atoms with Gasteiger partial charge < -0.3 is 89.6 Å². The fraction of sp³-hybridized carbons (Fsp3) is 0.508. The number of aromatic hydroxyl groups is 1.